The molecule has 108 valence electrons. The number of rotatable bonds is 4. The van der Waals surface area contributed by atoms with E-state index in [0.29, 0.717) is 5.75 Å². The van der Waals surface area contributed by atoms with Crippen molar-refractivity contribution in [3.8, 4) is 5.75 Å². The second-order valence-corrected chi connectivity index (χ2v) is 4.10. The molecule has 21 heavy (non-hydrogen) atoms. The van der Waals surface area contributed by atoms with Crippen LogP contribution in [0.5, 0.6) is 5.75 Å². The number of ether oxygens (including phenoxy) is 3. The van der Waals surface area contributed by atoms with Crippen molar-refractivity contribution in [1.29, 1.82) is 0 Å². The molecule has 2 rings (SSSR count). The fourth-order valence-electron chi connectivity index (χ4n) is 1.80. The fourth-order valence-corrected chi connectivity index (χ4v) is 1.80. The molecule has 2 aromatic rings. The molecule has 0 unspecified atom stereocenters. The van der Waals surface area contributed by atoms with Crippen LogP contribution in [0.3, 0.4) is 0 Å². The average molecular weight is 286 g/mol. The van der Waals surface area contributed by atoms with Gasteiger partial charge in [0.25, 0.3) is 0 Å². The molecule has 5 nitrogen and oxygen atoms in total. The van der Waals surface area contributed by atoms with Crippen molar-refractivity contribution in [3.63, 3.8) is 0 Å². The molecule has 0 spiro atoms. The van der Waals surface area contributed by atoms with Crippen LogP contribution in [0.1, 0.15) is 0 Å². The summed E-state index contributed by atoms with van der Waals surface area (Å²) in [5.74, 6) is -1.24. The van der Waals surface area contributed by atoms with Crippen molar-refractivity contribution in [2.24, 2.45) is 0 Å². The van der Waals surface area contributed by atoms with E-state index in [4.69, 9.17) is 4.74 Å². The Labute approximate surface area is 121 Å². The third-order valence-corrected chi connectivity index (χ3v) is 2.81. The quantitative estimate of drug-likeness (QED) is 0.491. The normalized spacial score (nSPS) is 11.0. The summed E-state index contributed by atoms with van der Waals surface area (Å²) in [6.07, 6.45) is 0.952. The molecule has 0 amide bonds. The Morgan fingerprint density at radius 2 is 1.67 bits per heavy atom. The van der Waals surface area contributed by atoms with Crippen LogP contribution < -0.4 is 4.74 Å². The molecular weight excluding hydrogens is 272 g/mol. The van der Waals surface area contributed by atoms with Gasteiger partial charge in [0.1, 0.15) is 5.75 Å². The lowest BCUT2D eigenvalue weighted by atomic mass is 10.1. The molecular formula is C16H14O5. The van der Waals surface area contributed by atoms with Crippen molar-refractivity contribution in [3.05, 3.63) is 54.3 Å². The topological polar surface area (TPSA) is 61.8 Å². The van der Waals surface area contributed by atoms with Gasteiger partial charge in [0, 0.05) is 5.39 Å². The molecule has 0 aromatic heterocycles. The van der Waals surface area contributed by atoms with Gasteiger partial charge in [-0.25, -0.2) is 9.59 Å². The van der Waals surface area contributed by atoms with Crippen molar-refractivity contribution in [1.82, 2.24) is 0 Å². The highest BCUT2D eigenvalue weighted by atomic mass is 16.6. The summed E-state index contributed by atoms with van der Waals surface area (Å²) < 4.78 is 14.6. The summed E-state index contributed by atoms with van der Waals surface area (Å²) >= 11 is 0. The first-order chi connectivity index (χ1) is 10.2. The predicted octanol–water partition coefficient (Wildman–Crippen LogP) is 2.45. The maximum atomic E-state index is 11.7. The largest absolute Gasteiger partial charge is 0.466 e. The molecule has 0 saturated carbocycles. The standard InChI is InChI=1S/C16H14O5/c1-19-15(17)10-14(16(18)20-2)21-13-9-5-7-11-6-3-4-8-12(11)13/h3-10H,1-2H3. The van der Waals surface area contributed by atoms with Crippen LogP contribution in [0.25, 0.3) is 10.8 Å². The van der Waals surface area contributed by atoms with Gasteiger partial charge >= 0.3 is 11.9 Å². The minimum Gasteiger partial charge on any atom is -0.466 e. The molecule has 0 N–H and O–H groups in total. The van der Waals surface area contributed by atoms with Gasteiger partial charge in [-0.15, -0.1) is 0 Å². The van der Waals surface area contributed by atoms with Gasteiger partial charge in [-0.1, -0.05) is 36.4 Å². The maximum Gasteiger partial charge on any atom is 0.374 e. The summed E-state index contributed by atoms with van der Waals surface area (Å²) in [5.41, 5.74) is 0. The zero-order valence-electron chi connectivity index (χ0n) is 11.7. The van der Waals surface area contributed by atoms with Crippen molar-refractivity contribution < 1.29 is 23.8 Å². The first-order valence-electron chi connectivity index (χ1n) is 6.19. The van der Waals surface area contributed by atoms with Crippen molar-refractivity contribution >= 4 is 22.7 Å². The van der Waals surface area contributed by atoms with E-state index in [9.17, 15) is 9.59 Å². The third-order valence-electron chi connectivity index (χ3n) is 2.81. The Balaban J connectivity index is 2.41. The van der Waals surface area contributed by atoms with Gasteiger partial charge in [-0.3, -0.25) is 0 Å². The van der Waals surface area contributed by atoms with E-state index in [1.807, 2.05) is 30.3 Å². The van der Waals surface area contributed by atoms with Crippen LogP contribution in [0, 0.1) is 0 Å². The minimum absolute atomic E-state index is 0.235. The average Bonchev–Trinajstić information content (AvgIpc) is 2.53. The number of carbonyl (C=O) groups is 2. The summed E-state index contributed by atoms with van der Waals surface area (Å²) in [6.45, 7) is 0. The van der Waals surface area contributed by atoms with Crippen LogP contribution in [0.4, 0.5) is 0 Å². The van der Waals surface area contributed by atoms with Crippen LogP contribution >= 0.6 is 0 Å². The van der Waals surface area contributed by atoms with Crippen molar-refractivity contribution in [2.75, 3.05) is 14.2 Å². The number of esters is 2. The van der Waals surface area contributed by atoms with Crippen molar-refractivity contribution in [2.45, 2.75) is 0 Å². The highest BCUT2D eigenvalue weighted by Crippen LogP contribution is 2.26. The van der Waals surface area contributed by atoms with E-state index >= 15 is 0 Å². The van der Waals surface area contributed by atoms with Crippen LogP contribution in [-0.4, -0.2) is 26.2 Å². The third kappa shape index (κ3) is 3.39. The second-order valence-electron chi connectivity index (χ2n) is 4.10. The highest BCUT2D eigenvalue weighted by Gasteiger charge is 2.16. The lowest BCUT2D eigenvalue weighted by Gasteiger charge is -2.10. The first kappa shape index (κ1) is 14.6. The Kier molecular flexibility index (Phi) is 4.56. The molecule has 0 aliphatic heterocycles. The molecule has 0 saturated heterocycles. The molecule has 5 heteroatoms. The number of carbonyl (C=O) groups excluding carboxylic acids is 2. The molecule has 0 aliphatic rings. The number of benzene rings is 2. The van der Waals surface area contributed by atoms with Gasteiger partial charge in [-0.05, 0) is 11.5 Å². The highest BCUT2D eigenvalue weighted by molar-refractivity contribution is 5.96. The smallest absolute Gasteiger partial charge is 0.374 e. The Morgan fingerprint density at radius 3 is 2.38 bits per heavy atom. The molecule has 0 radical (unpaired) electrons. The fraction of sp³-hybridized carbons (Fsp3) is 0.125. The van der Waals surface area contributed by atoms with E-state index in [1.54, 1.807) is 12.1 Å². The summed E-state index contributed by atoms with van der Waals surface area (Å²) in [6, 6.07) is 13.0. The van der Waals surface area contributed by atoms with E-state index in [2.05, 4.69) is 9.47 Å². The van der Waals surface area contributed by atoms with E-state index in [1.165, 1.54) is 14.2 Å². The molecule has 0 fully saturated rings. The predicted molar refractivity (Wildman–Crippen MR) is 76.7 cm³/mol. The second kappa shape index (κ2) is 6.56. The van der Waals surface area contributed by atoms with Gasteiger partial charge < -0.3 is 14.2 Å². The van der Waals surface area contributed by atoms with Gasteiger partial charge in [-0.2, -0.15) is 0 Å². The Hall–Kier alpha value is -2.82. The van der Waals surface area contributed by atoms with Gasteiger partial charge in [0.15, 0.2) is 0 Å². The summed E-state index contributed by atoms with van der Waals surface area (Å²) in [7, 11) is 2.42. The van der Waals surface area contributed by atoms with Gasteiger partial charge in [0.2, 0.25) is 5.76 Å². The number of hydrogen-bond acceptors (Lipinski definition) is 5. The lowest BCUT2D eigenvalue weighted by molar-refractivity contribution is -0.140. The molecule has 0 atom stereocenters. The Morgan fingerprint density at radius 1 is 0.952 bits per heavy atom. The maximum absolute atomic E-state index is 11.7. The van der Waals surface area contributed by atoms with Gasteiger partial charge in [0.05, 0.1) is 20.3 Å². The number of methoxy groups -OCH3 is 2. The van der Waals surface area contributed by atoms with E-state index in [-0.39, 0.29) is 5.76 Å². The first-order valence-corrected chi connectivity index (χ1v) is 6.19. The Bertz CT molecular complexity index is 697. The van der Waals surface area contributed by atoms with Crippen LogP contribution in [-0.2, 0) is 19.1 Å². The zero-order valence-corrected chi connectivity index (χ0v) is 11.7. The SMILES string of the molecule is COC(=O)C=C(Oc1cccc2ccccc12)C(=O)OC. The minimum atomic E-state index is -0.756. The summed E-state index contributed by atoms with van der Waals surface area (Å²) in [4.78, 5) is 23.0. The summed E-state index contributed by atoms with van der Waals surface area (Å²) in [5, 5.41) is 1.77. The van der Waals surface area contributed by atoms with E-state index < -0.39 is 11.9 Å². The lowest BCUT2D eigenvalue weighted by Crippen LogP contribution is -2.13. The van der Waals surface area contributed by atoms with Crippen LogP contribution in [0.2, 0.25) is 0 Å². The monoisotopic (exact) mass is 286 g/mol. The van der Waals surface area contributed by atoms with Crippen LogP contribution in [0.15, 0.2) is 54.3 Å². The van der Waals surface area contributed by atoms with E-state index in [0.717, 1.165) is 16.8 Å². The number of hydrogen-bond donors (Lipinski definition) is 0. The molecule has 0 heterocycles. The molecule has 0 bridgehead atoms. The molecule has 2 aromatic carbocycles. The molecule has 0 aliphatic carbocycles. The number of fused-ring (bicyclic) bond motifs is 1. The zero-order chi connectivity index (χ0) is 15.2.